The SMILES string of the molecule is O=C1/C(=C\c2ccc(Cl)cc2Cl)N=C(c2ccccc2)N1N1C(=O)/C(=C\c2ccc(Cl)cc2Cl)N=C1c1ccccc1. The van der Waals surface area contributed by atoms with E-state index < -0.39 is 11.8 Å². The highest BCUT2D eigenvalue weighted by Crippen LogP contribution is 2.33. The molecule has 4 aromatic rings. The molecule has 0 radical (unpaired) electrons. The monoisotopic (exact) mass is 630 g/mol. The summed E-state index contributed by atoms with van der Waals surface area (Å²) >= 11 is 24.9. The van der Waals surface area contributed by atoms with Gasteiger partial charge in [-0.15, -0.1) is 0 Å². The Balaban J connectivity index is 1.50. The maximum Gasteiger partial charge on any atom is 0.297 e. The second-order valence-corrected chi connectivity index (χ2v) is 10.9. The standard InChI is InChI=1S/C32H18Cl4N4O2/c33-23-13-11-21(25(35)17-23)15-27-31(41)39(29(37-27)19-7-3-1-4-8-19)40-30(20-9-5-2-6-10-20)38-28(32(40)42)16-22-12-14-24(34)18-26(22)36/h1-18H/b27-15+,28-16+. The highest BCUT2D eigenvalue weighted by molar-refractivity contribution is 6.36. The molecule has 10 heteroatoms. The number of hydrazine groups is 1. The second kappa shape index (κ2) is 11.6. The average molecular weight is 632 g/mol. The third kappa shape index (κ3) is 5.38. The Morgan fingerprint density at radius 1 is 0.524 bits per heavy atom. The van der Waals surface area contributed by atoms with Crippen LogP contribution in [0.4, 0.5) is 0 Å². The third-order valence-corrected chi connectivity index (χ3v) is 7.58. The molecule has 0 aromatic heterocycles. The number of carbonyl (C=O) groups excluding carboxylic acids is 2. The zero-order valence-electron chi connectivity index (χ0n) is 21.5. The number of aliphatic imine (C=N–C) groups is 2. The van der Waals surface area contributed by atoms with Crippen LogP contribution in [0, 0.1) is 0 Å². The number of benzene rings is 4. The Kier molecular flexibility index (Phi) is 7.71. The predicted octanol–water partition coefficient (Wildman–Crippen LogP) is 8.18. The van der Waals surface area contributed by atoms with E-state index in [-0.39, 0.29) is 23.1 Å². The fourth-order valence-electron chi connectivity index (χ4n) is 4.47. The largest absolute Gasteiger partial charge is 0.297 e. The Bertz CT molecular complexity index is 1730. The first-order valence-electron chi connectivity index (χ1n) is 12.6. The number of amides is 2. The minimum atomic E-state index is -0.539. The lowest BCUT2D eigenvalue weighted by atomic mass is 10.2. The molecular formula is C32H18Cl4N4O2. The molecule has 2 heterocycles. The van der Waals surface area contributed by atoms with Gasteiger partial charge in [-0.2, -0.15) is 10.0 Å². The number of nitrogens with zero attached hydrogens (tertiary/aromatic N) is 4. The Morgan fingerprint density at radius 2 is 0.905 bits per heavy atom. The topological polar surface area (TPSA) is 65.3 Å². The summed E-state index contributed by atoms with van der Waals surface area (Å²) in [6.45, 7) is 0. The van der Waals surface area contributed by atoms with E-state index in [1.807, 2.05) is 36.4 Å². The summed E-state index contributed by atoms with van der Waals surface area (Å²) in [5.41, 5.74) is 2.49. The molecule has 6 nitrogen and oxygen atoms in total. The fourth-order valence-corrected chi connectivity index (χ4v) is 5.39. The van der Waals surface area contributed by atoms with Gasteiger partial charge in [-0.25, -0.2) is 9.98 Å². The van der Waals surface area contributed by atoms with Crippen molar-refractivity contribution < 1.29 is 9.59 Å². The maximum absolute atomic E-state index is 14.1. The summed E-state index contributed by atoms with van der Waals surface area (Å²) in [6, 6.07) is 28.1. The van der Waals surface area contributed by atoms with Crippen molar-refractivity contribution >= 4 is 82.0 Å². The molecule has 206 valence electrons. The Morgan fingerprint density at radius 3 is 1.26 bits per heavy atom. The summed E-state index contributed by atoms with van der Waals surface area (Å²) in [7, 11) is 0. The first-order valence-corrected chi connectivity index (χ1v) is 14.1. The van der Waals surface area contributed by atoms with Crippen LogP contribution in [0.1, 0.15) is 22.3 Å². The third-order valence-electron chi connectivity index (χ3n) is 6.45. The van der Waals surface area contributed by atoms with Crippen molar-refractivity contribution in [2.75, 3.05) is 0 Å². The molecule has 0 saturated carbocycles. The normalized spacial score (nSPS) is 17.0. The van der Waals surface area contributed by atoms with E-state index in [0.29, 0.717) is 42.3 Å². The number of hydrogen-bond acceptors (Lipinski definition) is 4. The summed E-state index contributed by atoms with van der Waals surface area (Å²) in [4.78, 5) is 37.6. The van der Waals surface area contributed by atoms with Crippen LogP contribution in [0.2, 0.25) is 20.1 Å². The molecule has 0 N–H and O–H groups in total. The lowest BCUT2D eigenvalue weighted by molar-refractivity contribution is -0.141. The summed E-state index contributed by atoms with van der Waals surface area (Å²) < 4.78 is 0. The minimum absolute atomic E-state index is 0.0801. The van der Waals surface area contributed by atoms with Gasteiger partial charge in [0.05, 0.1) is 0 Å². The smallest absolute Gasteiger partial charge is 0.265 e. The van der Waals surface area contributed by atoms with Crippen LogP contribution in [0.5, 0.6) is 0 Å². The van der Waals surface area contributed by atoms with Crippen LogP contribution in [0.25, 0.3) is 12.2 Å². The van der Waals surface area contributed by atoms with Gasteiger partial charge in [0.2, 0.25) is 0 Å². The van der Waals surface area contributed by atoms with Gasteiger partial charge in [-0.05, 0) is 47.5 Å². The van der Waals surface area contributed by atoms with Crippen LogP contribution in [-0.2, 0) is 9.59 Å². The van der Waals surface area contributed by atoms with Gasteiger partial charge in [-0.3, -0.25) is 9.59 Å². The quantitative estimate of drug-likeness (QED) is 0.209. The summed E-state index contributed by atoms with van der Waals surface area (Å²) in [5.74, 6) is -0.579. The van der Waals surface area contributed by atoms with E-state index in [9.17, 15) is 9.59 Å². The van der Waals surface area contributed by atoms with E-state index >= 15 is 0 Å². The first kappa shape index (κ1) is 27.9. The number of carbonyl (C=O) groups is 2. The number of halogens is 4. The average Bonchev–Trinajstić information content (AvgIpc) is 3.48. The molecular weight excluding hydrogens is 614 g/mol. The highest BCUT2D eigenvalue weighted by atomic mass is 35.5. The van der Waals surface area contributed by atoms with E-state index in [4.69, 9.17) is 46.4 Å². The van der Waals surface area contributed by atoms with Gasteiger partial charge in [0.25, 0.3) is 11.8 Å². The van der Waals surface area contributed by atoms with Crippen molar-refractivity contribution in [2.24, 2.45) is 9.98 Å². The molecule has 0 bridgehead atoms. The molecule has 0 fully saturated rings. The molecule has 0 atom stereocenters. The van der Waals surface area contributed by atoms with E-state index in [0.717, 1.165) is 0 Å². The molecule has 0 spiro atoms. The first-order chi connectivity index (χ1) is 20.3. The predicted molar refractivity (Wildman–Crippen MR) is 169 cm³/mol. The molecule has 0 unspecified atom stereocenters. The van der Waals surface area contributed by atoms with Crippen molar-refractivity contribution in [1.29, 1.82) is 0 Å². The van der Waals surface area contributed by atoms with Gasteiger partial charge in [0.15, 0.2) is 11.7 Å². The summed E-state index contributed by atoms with van der Waals surface area (Å²) in [5, 5.41) is 4.11. The minimum Gasteiger partial charge on any atom is -0.265 e. The van der Waals surface area contributed by atoms with Crippen molar-refractivity contribution in [3.05, 3.63) is 151 Å². The molecule has 6 rings (SSSR count). The highest BCUT2D eigenvalue weighted by Gasteiger charge is 2.44. The van der Waals surface area contributed by atoms with Gasteiger partial charge in [0, 0.05) is 31.2 Å². The number of hydrogen-bond donors (Lipinski definition) is 0. The Labute approximate surface area is 261 Å². The van der Waals surface area contributed by atoms with Crippen LogP contribution >= 0.6 is 46.4 Å². The fraction of sp³-hybridized carbons (Fsp3) is 0. The molecule has 42 heavy (non-hydrogen) atoms. The molecule has 4 aromatic carbocycles. The van der Waals surface area contributed by atoms with E-state index in [1.54, 1.807) is 72.8 Å². The van der Waals surface area contributed by atoms with E-state index in [1.165, 1.54) is 10.0 Å². The van der Waals surface area contributed by atoms with Gasteiger partial charge in [0.1, 0.15) is 11.4 Å². The van der Waals surface area contributed by atoms with E-state index in [2.05, 4.69) is 9.98 Å². The van der Waals surface area contributed by atoms with Crippen molar-refractivity contribution in [3.8, 4) is 0 Å². The van der Waals surface area contributed by atoms with Crippen molar-refractivity contribution in [2.45, 2.75) is 0 Å². The van der Waals surface area contributed by atoms with Gasteiger partial charge >= 0.3 is 0 Å². The molecule has 2 amide bonds. The van der Waals surface area contributed by atoms with Crippen LogP contribution < -0.4 is 0 Å². The second-order valence-electron chi connectivity index (χ2n) is 9.23. The molecule has 0 saturated heterocycles. The van der Waals surface area contributed by atoms with Gasteiger partial charge in [-0.1, -0.05) is 119 Å². The van der Waals surface area contributed by atoms with Crippen LogP contribution in [0.3, 0.4) is 0 Å². The van der Waals surface area contributed by atoms with Crippen LogP contribution in [0.15, 0.2) is 118 Å². The lowest BCUT2D eigenvalue weighted by Crippen LogP contribution is -2.52. The van der Waals surface area contributed by atoms with Crippen LogP contribution in [-0.4, -0.2) is 33.5 Å². The zero-order chi connectivity index (χ0) is 29.4. The molecule has 2 aliphatic heterocycles. The van der Waals surface area contributed by atoms with Crippen molar-refractivity contribution in [3.63, 3.8) is 0 Å². The Hall–Kier alpha value is -4.20. The zero-order valence-corrected chi connectivity index (χ0v) is 24.5. The molecule has 2 aliphatic rings. The number of rotatable bonds is 5. The van der Waals surface area contributed by atoms with Crippen molar-refractivity contribution in [1.82, 2.24) is 10.0 Å². The summed E-state index contributed by atoms with van der Waals surface area (Å²) in [6.07, 6.45) is 3.13. The number of amidine groups is 2. The lowest BCUT2D eigenvalue weighted by Gasteiger charge is -2.29. The molecule has 0 aliphatic carbocycles. The van der Waals surface area contributed by atoms with Gasteiger partial charge < -0.3 is 0 Å². The maximum atomic E-state index is 14.1.